The standard InChI is InChI=1S/C19H22N2.C2H6/c1-2-6-17-14(4-1)7-8-16-5-3-11-21-19(16)18(17)15-9-12-20-13-10-15;1-2/h1-6,11,15,18,20H,7-10,12-13H2;1-2H3. The lowest BCUT2D eigenvalue weighted by atomic mass is 9.77. The first-order valence-corrected chi connectivity index (χ1v) is 9.16. The second-order valence-electron chi connectivity index (χ2n) is 6.31. The van der Waals surface area contributed by atoms with Gasteiger partial charge >= 0.3 is 0 Å². The van der Waals surface area contributed by atoms with Crippen LogP contribution in [0.25, 0.3) is 0 Å². The number of hydrogen-bond acceptors (Lipinski definition) is 2. The normalized spacial score (nSPS) is 20.5. The van der Waals surface area contributed by atoms with Crippen molar-refractivity contribution in [2.24, 2.45) is 5.92 Å². The highest BCUT2D eigenvalue weighted by atomic mass is 14.9. The summed E-state index contributed by atoms with van der Waals surface area (Å²) in [5, 5.41) is 3.50. The molecule has 1 saturated heterocycles. The first kappa shape index (κ1) is 16.2. The van der Waals surface area contributed by atoms with Crippen LogP contribution in [-0.4, -0.2) is 18.1 Å². The quantitative estimate of drug-likeness (QED) is 0.848. The van der Waals surface area contributed by atoms with Crippen molar-refractivity contribution < 1.29 is 0 Å². The van der Waals surface area contributed by atoms with E-state index in [0.717, 1.165) is 31.8 Å². The van der Waals surface area contributed by atoms with Crippen LogP contribution in [0.4, 0.5) is 0 Å². The predicted molar refractivity (Wildman–Crippen MR) is 96.9 cm³/mol. The number of benzene rings is 1. The number of nitrogens with zero attached hydrogens (tertiary/aromatic N) is 1. The summed E-state index contributed by atoms with van der Waals surface area (Å²) < 4.78 is 0. The fraction of sp³-hybridized carbons (Fsp3) is 0.476. The van der Waals surface area contributed by atoms with E-state index in [0.29, 0.717) is 5.92 Å². The average molecular weight is 308 g/mol. The van der Waals surface area contributed by atoms with Gasteiger partial charge in [0.25, 0.3) is 0 Å². The number of fused-ring (bicyclic) bond motifs is 2. The van der Waals surface area contributed by atoms with E-state index in [1.165, 1.54) is 35.2 Å². The maximum Gasteiger partial charge on any atom is 0.0513 e. The molecular formula is C21H28N2. The minimum atomic E-state index is 0.488. The van der Waals surface area contributed by atoms with E-state index < -0.39 is 0 Å². The van der Waals surface area contributed by atoms with Crippen LogP contribution in [0.15, 0.2) is 42.6 Å². The molecule has 2 nitrogen and oxygen atoms in total. The molecule has 122 valence electrons. The van der Waals surface area contributed by atoms with Gasteiger partial charge < -0.3 is 5.32 Å². The number of aromatic nitrogens is 1. The molecule has 1 atom stereocenters. The van der Waals surface area contributed by atoms with Crippen LogP contribution in [0.1, 0.15) is 55.0 Å². The summed E-state index contributed by atoms with van der Waals surface area (Å²) >= 11 is 0. The zero-order chi connectivity index (χ0) is 16.1. The van der Waals surface area contributed by atoms with Crippen molar-refractivity contribution in [3.63, 3.8) is 0 Å². The van der Waals surface area contributed by atoms with Crippen molar-refractivity contribution in [1.29, 1.82) is 0 Å². The van der Waals surface area contributed by atoms with Crippen molar-refractivity contribution in [2.75, 3.05) is 13.1 Å². The average Bonchev–Trinajstić information content (AvgIpc) is 2.81. The summed E-state index contributed by atoms with van der Waals surface area (Å²) in [6, 6.07) is 13.4. The molecule has 2 heterocycles. The Labute approximate surface area is 140 Å². The highest BCUT2D eigenvalue weighted by Crippen LogP contribution is 2.41. The van der Waals surface area contributed by atoms with Gasteiger partial charge in [0.1, 0.15) is 0 Å². The lowest BCUT2D eigenvalue weighted by Crippen LogP contribution is -2.31. The highest BCUT2D eigenvalue weighted by molar-refractivity contribution is 5.42. The third kappa shape index (κ3) is 3.32. The Morgan fingerprint density at radius 1 is 0.913 bits per heavy atom. The first-order valence-electron chi connectivity index (χ1n) is 9.16. The first-order chi connectivity index (χ1) is 11.4. The second kappa shape index (κ2) is 7.74. The van der Waals surface area contributed by atoms with Crippen molar-refractivity contribution in [3.8, 4) is 0 Å². The number of hydrogen-bond donors (Lipinski definition) is 1. The van der Waals surface area contributed by atoms with E-state index in [-0.39, 0.29) is 0 Å². The Balaban J connectivity index is 0.000000753. The molecule has 1 aliphatic carbocycles. The van der Waals surface area contributed by atoms with Gasteiger partial charge in [-0.1, -0.05) is 44.2 Å². The highest BCUT2D eigenvalue weighted by Gasteiger charge is 2.32. The molecule has 23 heavy (non-hydrogen) atoms. The van der Waals surface area contributed by atoms with E-state index in [9.17, 15) is 0 Å². The maximum atomic E-state index is 4.81. The molecule has 1 aliphatic heterocycles. The van der Waals surface area contributed by atoms with Crippen LogP contribution in [0.5, 0.6) is 0 Å². The van der Waals surface area contributed by atoms with Gasteiger partial charge in [-0.25, -0.2) is 0 Å². The van der Waals surface area contributed by atoms with E-state index in [1.54, 1.807) is 0 Å². The summed E-state index contributed by atoms with van der Waals surface area (Å²) in [4.78, 5) is 4.81. The summed E-state index contributed by atoms with van der Waals surface area (Å²) in [7, 11) is 0. The SMILES string of the molecule is CC.c1ccc2c(c1)CCc1cccnc1C2C1CCNCC1. The minimum Gasteiger partial charge on any atom is -0.317 e. The van der Waals surface area contributed by atoms with Crippen LogP contribution in [0.2, 0.25) is 0 Å². The molecule has 1 unspecified atom stereocenters. The Morgan fingerprint density at radius 3 is 2.43 bits per heavy atom. The lowest BCUT2D eigenvalue weighted by Gasteiger charge is -2.31. The molecule has 0 bridgehead atoms. The molecule has 1 N–H and O–H groups in total. The van der Waals surface area contributed by atoms with Crippen molar-refractivity contribution >= 4 is 0 Å². The topological polar surface area (TPSA) is 24.9 Å². The molecule has 4 rings (SSSR count). The van der Waals surface area contributed by atoms with Crippen LogP contribution in [-0.2, 0) is 12.8 Å². The smallest absolute Gasteiger partial charge is 0.0513 e. The predicted octanol–water partition coefficient (Wildman–Crippen LogP) is 4.34. The largest absolute Gasteiger partial charge is 0.317 e. The van der Waals surface area contributed by atoms with E-state index >= 15 is 0 Å². The van der Waals surface area contributed by atoms with Crippen LogP contribution < -0.4 is 5.32 Å². The van der Waals surface area contributed by atoms with Crippen molar-refractivity contribution in [2.45, 2.75) is 45.4 Å². The van der Waals surface area contributed by atoms with Gasteiger partial charge in [-0.3, -0.25) is 4.98 Å². The van der Waals surface area contributed by atoms with E-state index in [4.69, 9.17) is 4.98 Å². The number of piperidine rings is 1. The minimum absolute atomic E-state index is 0.488. The summed E-state index contributed by atoms with van der Waals surface area (Å²) in [6.07, 6.45) is 6.77. The molecule has 2 aliphatic rings. The molecule has 0 amide bonds. The molecule has 0 radical (unpaired) electrons. The Morgan fingerprint density at radius 2 is 1.61 bits per heavy atom. The Hall–Kier alpha value is -1.67. The number of rotatable bonds is 1. The fourth-order valence-corrected chi connectivity index (χ4v) is 4.08. The molecule has 2 aromatic rings. The zero-order valence-corrected chi connectivity index (χ0v) is 14.4. The van der Waals surface area contributed by atoms with Gasteiger partial charge in [-0.15, -0.1) is 0 Å². The van der Waals surface area contributed by atoms with Crippen molar-refractivity contribution in [1.82, 2.24) is 10.3 Å². The molecular weight excluding hydrogens is 280 g/mol. The molecule has 0 spiro atoms. The van der Waals surface area contributed by atoms with Gasteiger partial charge in [0, 0.05) is 12.1 Å². The maximum absolute atomic E-state index is 4.81. The van der Waals surface area contributed by atoms with E-state index in [2.05, 4.69) is 41.7 Å². The molecule has 2 heteroatoms. The van der Waals surface area contributed by atoms with Gasteiger partial charge in [0.05, 0.1) is 5.69 Å². The van der Waals surface area contributed by atoms with Crippen molar-refractivity contribution in [3.05, 3.63) is 65.0 Å². The van der Waals surface area contributed by atoms with Crippen LogP contribution in [0, 0.1) is 5.92 Å². The van der Waals surface area contributed by atoms with Gasteiger partial charge in [0.2, 0.25) is 0 Å². The second-order valence-corrected chi connectivity index (χ2v) is 6.31. The van der Waals surface area contributed by atoms with Gasteiger partial charge in [-0.2, -0.15) is 0 Å². The molecule has 0 saturated carbocycles. The number of aryl methyl sites for hydroxylation is 2. The third-order valence-corrected chi connectivity index (χ3v) is 5.13. The summed E-state index contributed by atoms with van der Waals surface area (Å²) in [5.41, 5.74) is 5.85. The summed E-state index contributed by atoms with van der Waals surface area (Å²) in [6.45, 7) is 6.29. The zero-order valence-electron chi connectivity index (χ0n) is 14.4. The third-order valence-electron chi connectivity index (χ3n) is 5.13. The lowest BCUT2D eigenvalue weighted by molar-refractivity contribution is 0.338. The number of pyridine rings is 1. The molecule has 1 fully saturated rings. The monoisotopic (exact) mass is 308 g/mol. The van der Waals surface area contributed by atoms with E-state index in [1.807, 2.05) is 20.0 Å². The fourth-order valence-electron chi connectivity index (χ4n) is 4.08. The molecule has 1 aromatic carbocycles. The Kier molecular flexibility index (Phi) is 5.45. The van der Waals surface area contributed by atoms with Crippen LogP contribution >= 0.6 is 0 Å². The molecule has 1 aromatic heterocycles. The Bertz CT molecular complexity index is 582. The van der Waals surface area contributed by atoms with Crippen LogP contribution in [0.3, 0.4) is 0 Å². The van der Waals surface area contributed by atoms with Gasteiger partial charge in [0.15, 0.2) is 0 Å². The summed E-state index contributed by atoms with van der Waals surface area (Å²) in [5.74, 6) is 1.21. The van der Waals surface area contributed by atoms with Gasteiger partial charge in [-0.05, 0) is 67.4 Å². The number of nitrogens with one attached hydrogen (secondary N) is 1.